The minimum absolute atomic E-state index is 0.0726. The van der Waals surface area contributed by atoms with Gasteiger partial charge in [0.15, 0.2) is 0 Å². The number of esters is 1. The molecular weight excluding hydrogens is 332 g/mol. The molecule has 1 aliphatic rings. The van der Waals surface area contributed by atoms with Gasteiger partial charge in [0.05, 0.1) is 18.1 Å². The molecule has 6 heteroatoms. The second-order valence-electron chi connectivity index (χ2n) is 6.03. The molecule has 134 valence electrons. The first-order chi connectivity index (χ1) is 12.6. The minimum Gasteiger partial charge on any atom is -0.462 e. The van der Waals surface area contributed by atoms with Gasteiger partial charge < -0.3 is 15.0 Å². The Morgan fingerprint density at radius 1 is 1.15 bits per heavy atom. The molecule has 3 rings (SSSR count). The number of carbonyl (C=O) groups is 3. The summed E-state index contributed by atoms with van der Waals surface area (Å²) in [6.07, 6.45) is 0.165. The van der Waals surface area contributed by atoms with Crippen molar-refractivity contribution >= 4 is 29.2 Å². The van der Waals surface area contributed by atoms with Gasteiger partial charge in [-0.2, -0.15) is 0 Å². The van der Waals surface area contributed by atoms with Gasteiger partial charge in [0, 0.05) is 24.3 Å². The molecule has 2 aromatic rings. The molecule has 1 aliphatic heterocycles. The van der Waals surface area contributed by atoms with Crippen LogP contribution in [0.2, 0.25) is 0 Å². The third kappa shape index (κ3) is 3.91. The first-order valence-corrected chi connectivity index (χ1v) is 8.52. The Kier molecular flexibility index (Phi) is 5.31. The second-order valence-corrected chi connectivity index (χ2v) is 6.03. The number of benzene rings is 2. The SMILES string of the molecule is CCOC(=O)c1cccc(NC(=O)[C@H]2CC(=O)N(c3ccccc3)C2)c1. The lowest BCUT2D eigenvalue weighted by molar-refractivity contribution is -0.122. The van der Waals surface area contributed by atoms with Crippen LogP contribution in [0, 0.1) is 5.92 Å². The molecule has 0 spiro atoms. The average molecular weight is 352 g/mol. The molecular formula is C20H20N2O4. The molecule has 1 N–H and O–H groups in total. The van der Waals surface area contributed by atoms with Gasteiger partial charge in [-0.25, -0.2) is 4.79 Å². The van der Waals surface area contributed by atoms with Crippen LogP contribution in [-0.4, -0.2) is 30.9 Å². The Labute approximate surface area is 151 Å². The van der Waals surface area contributed by atoms with Crippen LogP contribution < -0.4 is 10.2 Å². The van der Waals surface area contributed by atoms with Crippen LogP contribution in [0.5, 0.6) is 0 Å². The highest BCUT2D eigenvalue weighted by atomic mass is 16.5. The smallest absolute Gasteiger partial charge is 0.338 e. The van der Waals surface area contributed by atoms with Crippen LogP contribution in [0.25, 0.3) is 0 Å². The van der Waals surface area contributed by atoms with Gasteiger partial charge in [0.2, 0.25) is 11.8 Å². The molecule has 0 bridgehead atoms. The van der Waals surface area contributed by atoms with Crippen molar-refractivity contribution in [2.45, 2.75) is 13.3 Å². The number of hydrogen-bond acceptors (Lipinski definition) is 4. The Bertz CT molecular complexity index is 820. The molecule has 1 fully saturated rings. The molecule has 6 nitrogen and oxygen atoms in total. The number of amides is 2. The van der Waals surface area contributed by atoms with Crippen molar-refractivity contribution < 1.29 is 19.1 Å². The predicted molar refractivity (Wildman–Crippen MR) is 97.9 cm³/mol. The standard InChI is InChI=1S/C20H20N2O4/c1-2-26-20(25)14-7-6-8-16(11-14)21-19(24)15-12-18(23)22(13-15)17-9-4-3-5-10-17/h3-11,15H,2,12-13H2,1H3,(H,21,24)/t15-/m0/s1. The van der Waals surface area contributed by atoms with Gasteiger partial charge in [0.25, 0.3) is 0 Å². The van der Waals surface area contributed by atoms with Gasteiger partial charge in [-0.3, -0.25) is 9.59 Å². The zero-order valence-electron chi connectivity index (χ0n) is 14.5. The molecule has 2 aromatic carbocycles. The molecule has 0 unspecified atom stereocenters. The maximum Gasteiger partial charge on any atom is 0.338 e. The fourth-order valence-electron chi connectivity index (χ4n) is 2.92. The fourth-order valence-corrected chi connectivity index (χ4v) is 2.92. The molecule has 0 aromatic heterocycles. The molecule has 1 heterocycles. The van der Waals surface area contributed by atoms with Gasteiger partial charge in [-0.1, -0.05) is 24.3 Å². The number of hydrogen-bond donors (Lipinski definition) is 1. The number of nitrogens with one attached hydrogen (secondary N) is 1. The summed E-state index contributed by atoms with van der Waals surface area (Å²) in [5.74, 6) is -1.18. The minimum atomic E-state index is -0.436. The van der Waals surface area contributed by atoms with E-state index in [0.29, 0.717) is 17.8 Å². The highest BCUT2D eigenvalue weighted by Crippen LogP contribution is 2.26. The Balaban J connectivity index is 1.67. The van der Waals surface area contributed by atoms with Crippen molar-refractivity contribution in [1.82, 2.24) is 0 Å². The topological polar surface area (TPSA) is 75.7 Å². The third-order valence-electron chi connectivity index (χ3n) is 4.20. The van der Waals surface area contributed by atoms with Crippen LogP contribution in [0.1, 0.15) is 23.7 Å². The van der Waals surface area contributed by atoms with Crippen LogP contribution in [0.3, 0.4) is 0 Å². The molecule has 1 atom stereocenters. The van der Waals surface area contributed by atoms with Crippen molar-refractivity contribution in [1.29, 1.82) is 0 Å². The predicted octanol–water partition coefficient (Wildman–Crippen LogP) is 2.85. The quantitative estimate of drug-likeness (QED) is 0.840. The number of nitrogens with zero attached hydrogens (tertiary/aromatic N) is 1. The number of anilines is 2. The van der Waals surface area contributed by atoms with E-state index in [9.17, 15) is 14.4 Å². The van der Waals surface area contributed by atoms with E-state index in [1.54, 1.807) is 36.1 Å². The number of ether oxygens (including phenoxy) is 1. The van der Waals surface area contributed by atoms with Crippen molar-refractivity contribution in [2.75, 3.05) is 23.4 Å². The Hall–Kier alpha value is -3.15. The first-order valence-electron chi connectivity index (χ1n) is 8.52. The summed E-state index contributed by atoms with van der Waals surface area (Å²) < 4.78 is 4.96. The van der Waals surface area contributed by atoms with E-state index in [-0.39, 0.29) is 24.8 Å². The van der Waals surface area contributed by atoms with Gasteiger partial charge >= 0.3 is 5.97 Å². The zero-order chi connectivity index (χ0) is 18.5. The van der Waals surface area contributed by atoms with E-state index >= 15 is 0 Å². The van der Waals surface area contributed by atoms with E-state index < -0.39 is 11.9 Å². The van der Waals surface area contributed by atoms with Crippen LogP contribution in [-0.2, 0) is 14.3 Å². The summed E-state index contributed by atoms with van der Waals surface area (Å²) in [6, 6.07) is 15.9. The summed E-state index contributed by atoms with van der Waals surface area (Å²) in [4.78, 5) is 38.2. The van der Waals surface area contributed by atoms with Crippen LogP contribution in [0.4, 0.5) is 11.4 Å². The third-order valence-corrected chi connectivity index (χ3v) is 4.20. The number of para-hydroxylation sites is 1. The maximum absolute atomic E-state index is 12.5. The summed E-state index contributed by atoms with van der Waals surface area (Å²) in [6.45, 7) is 2.36. The summed E-state index contributed by atoms with van der Waals surface area (Å²) >= 11 is 0. The molecule has 1 saturated heterocycles. The van der Waals surface area contributed by atoms with Crippen molar-refractivity contribution in [3.05, 3.63) is 60.2 Å². The Morgan fingerprint density at radius 3 is 2.65 bits per heavy atom. The molecule has 2 amide bonds. The lowest BCUT2D eigenvalue weighted by Gasteiger charge is -2.16. The number of carbonyl (C=O) groups excluding carboxylic acids is 3. The largest absolute Gasteiger partial charge is 0.462 e. The highest BCUT2D eigenvalue weighted by molar-refractivity contribution is 6.03. The van der Waals surface area contributed by atoms with Crippen LogP contribution >= 0.6 is 0 Å². The lowest BCUT2D eigenvalue weighted by atomic mass is 10.1. The fraction of sp³-hybridized carbons (Fsp3) is 0.250. The lowest BCUT2D eigenvalue weighted by Crippen LogP contribution is -2.28. The summed E-state index contributed by atoms with van der Waals surface area (Å²) in [5.41, 5.74) is 1.67. The molecule has 0 radical (unpaired) electrons. The summed E-state index contributed by atoms with van der Waals surface area (Å²) in [5, 5.41) is 2.79. The normalized spacial score (nSPS) is 16.4. The van der Waals surface area contributed by atoms with Crippen LogP contribution in [0.15, 0.2) is 54.6 Å². The highest BCUT2D eigenvalue weighted by Gasteiger charge is 2.35. The van der Waals surface area contributed by atoms with E-state index in [2.05, 4.69) is 5.32 Å². The monoisotopic (exact) mass is 352 g/mol. The summed E-state index contributed by atoms with van der Waals surface area (Å²) in [7, 11) is 0. The molecule has 26 heavy (non-hydrogen) atoms. The molecule has 0 saturated carbocycles. The second kappa shape index (κ2) is 7.82. The van der Waals surface area contributed by atoms with Crippen molar-refractivity contribution in [3.63, 3.8) is 0 Å². The average Bonchev–Trinajstić information content (AvgIpc) is 3.05. The van der Waals surface area contributed by atoms with Crippen molar-refractivity contribution in [2.24, 2.45) is 5.92 Å². The van der Waals surface area contributed by atoms with Crippen molar-refractivity contribution in [3.8, 4) is 0 Å². The van der Waals surface area contributed by atoms with Gasteiger partial charge in [-0.15, -0.1) is 0 Å². The first kappa shape index (κ1) is 17.7. The van der Waals surface area contributed by atoms with E-state index in [1.807, 2.05) is 30.3 Å². The number of rotatable bonds is 5. The van der Waals surface area contributed by atoms with E-state index in [1.165, 1.54) is 0 Å². The van der Waals surface area contributed by atoms with Gasteiger partial charge in [-0.05, 0) is 37.3 Å². The van der Waals surface area contributed by atoms with E-state index in [0.717, 1.165) is 5.69 Å². The maximum atomic E-state index is 12.5. The molecule has 0 aliphatic carbocycles. The zero-order valence-corrected chi connectivity index (χ0v) is 14.5. The Morgan fingerprint density at radius 2 is 1.92 bits per heavy atom. The van der Waals surface area contributed by atoms with Gasteiger partial charge in [0.1, 0.15) is 0 Å². The van der Waals surface area contributed by atoms with E-state index in [4.69, 9.17) is 4.74 Å².